The highest BCUT2D eigenvalue weighted by molar-refractivity contribution is 7.91. The van der Waals surface area contributed by atoms with Gasteiger partial charge in [-0.1, -0.05) is 17.6 Å². The van der Waals surface area contributed by atoms with Crippen LogP contribution in [0, 0.1) is 0 Å². The first-order chi connectivity index (χ1) is 5.94. The highest BCUT2D eigenvalue weighted by Crippen LogP contribution is 2.16. The molecule has 0 aliphatic rings. The summed E-state index contributed by atoms with van der Waals surface area (Å²) in [5.41, 5.74) is 0.827. The minimum Gasteiger partial charge on any atom is -0.218 e. The summed E-state index contributed by atoms with van der Waals surface area (Å²) in [4.78, 5) is -0.340. The Balaban J connectivity index is 3.17. The van der Waals surface area contributed by atoms with Crippen molar-refractivity contribution in [2.75, 3.05) is 0 Å². The Labute approximate surface area is 75.9 Å². The molecule has 2 nitrogen and oxygen atoms in total. The molecule has 0 aromatic heterocycles. The Kier molecular flexibility index (Phi) is 2.70. The number of sulfone groups is 1. The van der Waals surface area contributed by atoms with Crippen molar-refractivity contribution in [1.82, 2.24) is 0 Å². The Bertz CT molecular complexity index is 385. The summed E-state index contributed by atoms with van der Waals surface area (Å²) in [5.74, 6) is -3.35. The number of alkyl halides is 2. The minimum atomic E-state index is -4.43. The smallest absolute Gasteiger partial charge is 0.218 e. The molecule has 0 heterocycles. The SMILES string of the molecule is Bc1ccc(S(=O)(=O)C(F)F)cc1. The molecule has 0 radical (unpaired) electrons. The molecule has 0 unspecified atom stereocenters. The van der Waals surface area contributed by atoms with Crippen molar-refractivity contribution in [1.29, 1.82) is 0 Å². The average Bonchev–Trinajstić information content (AvgIpc) is 2.04. The summed E-state index contributed by atoms with van der Waals surface area (Å²) in [6.07, 6.45) is 0. The Morgan fingerprint density at radius 1 is 1.15 bits per heavy atom. The maximum atomic E-state index is 12.0. The van der Waals surface area contributed by atoms with E-state index >= 15 is 0 Å². The summed E-state index contributed by atoms with van der Waals surface area (Å²) in [7, 11) is -2.68. The third-order valence-corrected chi connectivity index (χ3v) is 2.98. The van der Waals surface area contributed by atoms with Gasteiger partial charge < -0.3 is 0 Å². The standard InChI is InChI=1S/C7H7BF2O2S/c8-5-1-3-6(4-2-5)13(11,12)7(9)10/h1-4,7H,8H2. The quantitative estimate of drug-likeness (QED) is 0.632. The number of halogens is 2. The van der Waals surface area contributed by atoms with E-state index in [4.69, 9.17) is 0 Å². The van der Waals surface area contributed by atoms with Crippen LogP contribution in [0.4, 0.5) is 8.78 Å². The highest BCUT2D eigenvalue weighted by atomic mass is 32.2. The van der Waals surface area contributed by atoms with Crippen molar-refractivity contribution in [3.05, 3.63) is 24.3 Å². The van der Waals surface area contributed by atoms with Crippen molar-refractivity contribution in [2.45, 2.75) is 10.7 Å². The van der Waals surface area contributed by atoms with Gasteiger partial charge in [-0.05, 0) is 12.1 Å². The third-order valence-electron chi connectivity index (χ3n) is 1.58. The van der Waals surface area contributed by atoms with E-state index in [9.17, 15) is 17.2 Å². The van der Waals surface area contributed by atoms with E-state index in [1.807, 2.05) is 0 Å². The fraction of sp³-hybridized carbons (Fsp3) is 0.143. The molecule has 70 valence electrons. The molecule has 0 amide bonds. The lowest BCUT2D eigenvalue weighted by molar-refractivity contribution is 0.234. The van der Waals surface area contributed by atoms with Gasteiger partial charge in [0.2, 0.25) is 9.84 Å². The van der Waals surface area contributed by atoms with Crippen molar-refractivity contribution in [3.8, 4) is 0 Å². The molecule has 0 saturated heterocycles. The highest BCUT2D eigenvalue weighted by Gasteiger charge is 2.25. The second-order valence-electron chi connectivity index (χ2n) is 2.62. The monoisotopic (exact) mass is 204 g/mol. The molecule has 13 heavy (non-hydrogen) atoms. The first-order valence-corrected chi connectivity index (χ1v) is 5.08. The van der Waals surface area contributed by atoms with Gasteiger partial charge in [0, 0.05) is 0 Å². The molecule has 0 fully saturated rings. The largest absolute Gasteiger partial charge is 0.341 e. The molecule has 0 bridgehead atoms. The number of hydrogen-bond donors (Lipinski definition) is 0. The van der Waals surface area contributed by atoms with Crippen LogP contribution in [0.15, 0.2) is 29.2 Å². The minimum absolute atomic E-state index is 0.340. The molecule has 0 saturated carbocycles. The van der Waals surface area contributed by atoms with Gasteiger partial charge in [-0.3, -0.25) is 0 Å². The second-order valence-corrected chi connectivity index (χ2v) is 4.54. The van der Waals surface area contributed by atoms with E-state index in [0.717, 1.165) is 5.46 Å². The van der Waals surface area contributed by atoms with E-state index in [-0.39, 0.29) is 4.90 Å². The number of benzene rings is 1. The Morgan fingerprint density at radius 2 is 1.62 bits per heavy atom. The molecule has 0 aliphatic heterocycles. The fourth-order valence-electron chi connectivity index (χ4n) is 0.831. The lowest BCUT2D eigenvalue weighted by Crippen LogP contribution is -2.12. The van der Waals surface area contributed by atoms with E-state index in [0.29, 0.717) is 0 Å². The van der Waals surface area contributed by atoms with Gasteiger partial charge in [0.1, 0.15) is 7.85 Å². The van der Waals surface area contributed by atoms with Gasteiger partial charge in [0.15, 0.2) is 0 Å². The lowest BCUT2D eigenvalue weighted by atomic mass is 9.97. The fourth-order valence-corrected chi connectivity index (χ4v) is 1.55. The van der Waals surface area contributed by atoms with Gasteiger partial charge in [-0.25, -0.2) is 8.42 Å². The molecule has 0 atom stereocenters. The third kappa shape index (κ3) is 2.06. The van der Waals surface area contributed by atoms with E-state index < -0.39 is 15.6 Å². The molecule has 0 aliphatic carbocycles. The van der Waals surface area contributed by atoms with Crippen molar-refractivity contribution in [3.63, 3.8) is 0 Å². The molecule has 1 aromatic rings. The number of rotatable bonds is 2. The summed E-state index contributed by atoms with van der Waals surface area (Å²) in [6.45, 7) is 0. The first kappa shape index (κ1) is 10.2. The van der Waals surface area contributed by atoms with Crippen LogP contribution in [0.1, 0.15) is 0 Å². The van der Waals surface area contributed by atoms with E-state index in [2.05, 4.69) is 0 Å². The molecule has 1 rings (SSSR count). The van der Waals surface area contributed by atoms with Gasteiger partial charge >= 0.3 is 5.76 Å². The van der Waals surface area contributed by atoms with E-state index in [1.165, 1.54) is 24.3 Å². The normalized spacial score (nSPS) is 11.9. The zero-order chi connectivity index (χ0) is 10.1. The molecule has 0 spiro atoms. The van der Waals surface area contributed by atoms with Crippen LogP contribution in [0.5, 0.6) is 0 Å². The predicted octanol–water partition coefficient (Wildman–Crippen LogP) is -0.0587. The van der Waals surface area contributed by atoms with Crippen LogP contribution in [0.3, 0.4) is 0 Å². The van der Waals surface area contributed by atoms with Crippen LogP contribution >= 0.6 is 0 Å². The summed E-state index contributed by atoms with van der Waals surface area (Å²) < 4.78 is 45.8. The van der Waals surface area contributed by atoms with Crippen LogP contribution in [0.25, 0.3) is 0 Å². The molecule has 0 N–H and O–H groups in total. The van der Waals surface area contributed by atoms with Gasteiger partial charge in [-0.15, -0.1) is 0 Å². The van der Waals surface area contributed by atoms with Crippen molar-refractivity contribution in [2.24, 2.45) is 0 Å². The topological polar surface area (TPSA) is 34.1 Å². The number of hydrogen-bond acceptors (Lipinski definition) is 2. The second kappa shape index (κ2) is 3.45. The molecular weight excluding hydrogens is 197 g/mol. The maximum Gasteiger partial charge on any atom is 0.341 e. The average molecular weight is 204 g/mol. The molecule has 1 aromatic carbocycles. The van der Waals surface area contributed by atoms with Gasteiger partial charge in [0.25, 0.3) is 0 Å². The summed E-state index contributed by atoms with van der Waals surface area (Å²) in [6, 6.07) is 5.32. The van der Waals surface area contributed by atoms with E-state index in [1.54, 1.807) is 7.85 Å². The van der Waals surface area contributed by atoms with Crippen LogP contribution in [-0.4, -0.2) is 22.0 Å². The molecule has 6 heteroatoms. The zero-order valence-electron chi connectivity index (χ0n) is 6.87. The van der Waals surface area contributed by atoms with Crippen LogP contribution < -0.4 is 5.46 Å². The summed E-state index contributed by atoms with van der Waals surface area (Å²) in [5, 5.41) is 0. The Hall–Kier alpha value is -0.905. The maximum absolute atomic E-state index is 12.0. The van der Waals surface area contributed by atoms with Gasteiger partial charge in [0.05, 0.1) is 4.90 Å². The van der Waals surface area contributed by atoms with Gasteiger partial charge in [-0.2, -0.15) is 8.78 Å². The lowest BCUT2D eigenvalue weighted by Gasteiger charge is -2.02. The predicted molar refractivity (Wildman–Crippen MR) is 47.8 cm³/mol. The summed E-state index contributed by atoms with van der Waals surface area (Å²) >= 11 is 0. The zero-order valence-corrected chi connectivity index (χ0v) is 7.68. The van der Waals surface area contributed by atoms with Crippen molar-refractivity contribution < 1.29 is 17.2 Å². The van der Waals surface area contributed by atoms with Crippen molar-refractivity contribution >= 4 is 23.1 Å². The van der Waals surface area contributed by atoms with Crippen LogP contribution in [-0.2, 0) is 9.84 Å². The molecular formula is C7H7BF2O2S. The Morgan fingerprint density at radius 3 is 2.00 bits per heavy atom. The first-order valence-electron chi connectivity index (χ1n) is 3.53. The van der Waals surface area contributed by atoms with Crippen LogP contribution in [0.2, 0.25) is 0 Å².